The van der Waals surface area contributed by atoms with E-state index in [1.807, 2.05) is 32.0 Å². The first-order valence-corrected chi connectivity index (χ1v) is 7.03. The Kier molecular flexibility index (Phi) is 5.04. The van der Waals surface area contributed by atoms with Crippen molar-refractivity contribution in [2.45, 2.75) is 33.9 Å². The zero-order valence-electron chi connectivity index (χ0n) is 12.0. The molecule has 0 bridgehead atoms. The number of aryl methyl sites for hydroxylation is 2. The van der Waals surface area contributed by atoms with Crippen LogP contribution < -0.4 is 10.1 Å². The maximum absolute atomic E-state index is 6.04. The van der Waals surface area contributed by atoms with Gasteiger partial charge in [-0.05, 0) is 38.6 Å². The molecule has 0 radical (unpaired) electrons. The van der Waals surface area contributed by atoms with E-state index in [1.165, 1.54) is 0 Å². The predicted molar refractivity (Wildman–Crippen MR) is 79.1 cm³/mol. The second-order valence-corrected chi connectivity index (χ2v) is 5.06. The van der Waals surface area contributed by atoms with Gasteiger partial charge in [-0.3, -0.25) is 0 Å². The van der Waals surface area contributed by atoms with E-state index in [9.17, 15) is 0 Å². The highest BCUT2D eigenvalue weighted by Crippen LogP contribution is 2.24. The van der Waals surface area contributed by atoms with Crippen molar-refractivity contribution in [3.63, 3.8) is 0 Å². The Labute approximate surface area is 124 Å². The highest BCUT2D eigenvalue weighted by Gasteiger charge is 2.11. The highest BCUT2D eigenvalue weighted by atomic mass is 35.5. The van der Waals surface area contributed by atoms with Crippen LogP contribution in [0.3, 0.4) is 0 Å². The first kappa shape index (κ1) is 14.9. The number of aromatic nitrogens is 1. The molecule has 2 rings (SSSR count). The zero-order valence-corrected chi connectivity index (χ0v) is 12.8. The topological polar surface area (TPSA) is 47.3 Å². The average Bonchev–Trinajstić information content (AvgIpc) is 2.75. The molecule has 5 heteroatoms. The van der Waals surface area contributed by atoms with Gasteiger partial charge in [-0.1, -0.05) is 23.7 Å². The van der Waals surface area contributed by atoms with Gasteiger partial charge in [0, 0.05) is 17.1 Å². The second-order valence-electron chi connectivity index (χ2n) is 4.62. The number of halogens is 1. The minimum atomic E-state index is 0.446. The number of hydrogen-bond donors (Lipinski definition) is 1. The van der Waals surface area contributed by atoms with Crippen molar-refractivity contribution in [2.24, 2.45) is 0 Å². The fraction of sp³-hybridized carbons (Fsp3) is 0.400. The molecule has 0 fully saturated rings. The van der Waals surface area contributed by atoms with Crippen LogP contribution in [0.2, 0.25) is 5.02 Å². The fourth-order valence-corrected chi connectivity index (χ4v) is 2.14. The lowest BCUT2D eigenvalue weighted by molar-refractivity contribution is 0.298. The van der Waals surface area contributed by atoms with Crippen LogP contribution >= 0.6 is 11.6 Å². The van der Waals surface area contributed by atoms with Gasteiger partial charge in [-0.15, -0.1) is 0 Å². The lowest BCUT2D eigenvalue weighted by Crippen LogP contribution is -2.13. The molecule has 0 unspecified atom stereocenters. The smallest absolute Gasteiger partial charge is 0.140 e. The van der Waals surface area contributed by atoms with Crippen molar-refractivity contribution >= 4 is 11.6 Å². The molecule has 0 spiro atoms. The van der Waals surface area contributed by atoms with Crippen LogP contribution in [-0.2, 0) is 13.2 Å². The van der Waals surface area contributed by atoms with Gasteiger partial charge in [0.05, 0.1) is 11.3 Å². The van der Waals surface area contributed by atoms with Crippen LogP contribution in [0.5, 0.6) is 5.75 Å². The molecule has 0 aliphatic heterocycles. The third kappa shape index (κ3) is 3.52. The molecule has 2 aromatic rings. The van der Waals surface area contributed by atoms with Gasteiger partial charge < -0.3 is 14.6 Å². The first-order valence-electron chi connectivity index (χ1n) is 6.65. The monoisotopic (exact) mass is 294 g/mol. The quantitative estimate of drug-likeness (QED) is 0.884. The lowest BCUT2D eigenvalue weighted by atomic mass is 10.2. The van der Waals surface area contributed by atoms with Crippen LogP contribution in [0.4, 0.5) is 0 Å². The maximum atomic E-state index is 6.04. The Hall–Kier alpha value is -1.52. The van der Waals surface area contributed by atoms with Gasteiger partial charge in [0.2, 0.25) is 0 Å². The van der Waals surface area contributed by atoms with Crippen LogP contribution in [0.25, 0.3) is 0 Å². The highest BCUT2D eigenvalue weighted by molar-refractivity contribution is 6.30. The van der Waals surface area contributed by atoms with Gasteiger partial charge in [-0.2, -0.15) is 0 Å². The van der Waals surface area contributed by atoms with Crippen molar-refractivity contribution in [1.29, 1.82) is 0 Å². The van der Waals surface area contributed by atoms with Gasteiger partial charge >= 0.3 is 0 Å². The van der Waals surface area contributed by atoms with E-state index in [2.05, 4.69) is 17.4 Å². The number of ether oxygens (including phenoxy) is 1. The summed E-state index contributed by atoms with van der Waals surface area (Å²) in [6.45, 7) is 7.94. The lowest BCUT2D eigenvalue weighted by Gasteiger charge is -2.12. The number of nitrogens with zero attached hydrogens (tertiary/aromatic N) is 1. The van der Waals surface area contributed by atoms with E-state index < -0.39 is 0 Å². The van der Waals surface area contributed by atoms with Crippen molar-refractivity contribution in [3.05, 3.63) is 45.8 Å². The minimum Gasteiger partial charge on any atom is -0.488 e. The molecule has 20 heavy (non-hydrogen) atoms. The Morgan fingerprint density at radius 2 is 2.15 bits per heavy atom. The summed E-state index contributed by atoms with van der Waals surface area (Å²) in [4.78, 5) is 0. The Bertz CT molecular complexity index is 562. The van der Waals surface area contributed by atoms with Gasteiger partial charge in [0.25, 0.3) is 0 Å². The average molecular weight is 295 g/mol. The summed E-state index contributed by atoms with van der Waals surface area (Å²) in [6, 6.07) is 5.65. The summed E-state index contributed by atoms with van der Waals surface area (Å²) in [5, 5.41) is 7.92. The summed E-state index contributed by atoms with van der Waals surface area (Å²) in [7, 11) is 0. The molecule has 0 atom stereocenters. The molecule has 1 aromatic carbocycles. The zero-order chi connectivity index (χ0) is 14.5. The van der Waals surface area contributed by atoms with Gasteiger partial charge in [0.15, 0.2) is 0 Å². The Balaban J connectivity index is 2.12. The molecular formula is C15H19ClN2O2. The van der Waals surface area contributed by atoms with E-state index in [0.29, 0.717) is 11.6 Å². The normalized spacial score (nSPS) is 10.8. The van der Waals surface area contributed by atoms with Crippen molar-refractivity contribution in [3.8, 4) is 5.75 Å². The minimum absolute atomic E-state index is 0.446. The molecule has 0 amide bonds. The molecule has 0 aliphatic carbocycles. The predicted octanol–water partition coefficient (Wildman–Crippen LogP) is 3.63. The fourth-order valence-electron chi connectivity index (χ4n) is 1.94. The molecule has 108 valence electrons. The summed E-state index contributed by atoms with van der Waals surface area (Å²) in [6.07, 6.45) is 0. The number of nitrogens with one attached hydrogen (secondary N) is 1. The molecule has 0 aliphatic rings. The van der Waals surface area contributed by atoms with E-state index in [0.717, 1.165) is 41.4 Å². The largest absolute Gasteiger partial charge is 0.488 e. The molecular weight excluding hydrogens is 276 g/mol. The number of hydrogen-bond acceptors (Lipinski definition) is 4. The van der Waals surface area contributed by atoms with Crippen LogP contribution in [0.15, 0.2) is 22.7 Å². The van der Waals surface area contributed by atoms with E-state index in [-0.39, 0.29) is 0 Å². The molecule has 1 N–H and O–H groups in total. The maximum Gasteiger partial charge on any atom is 0.140 e. The number of benzene rings is 1. The molecule has 0 saturated heterocycles. The Morgan fingerprint density at radius 1 is 1.35 bits per heavy atom. The van der Waals surface area contributed by atoms with Gasteiger partial charge in [0.1, 0.15) is 18.1 Å². The SMILES string of the molecule is CCNCc1cc(Cl)ccc1OCc1c(C)noc1C. The third-order valence-electron chi connectivity index (χ3n) is 3.14. The van der Waals surface area contributed by atoms with E-state index in [1.54, 1.807) is 0 Å². The standard InChI is InChI=1S/C15H19ClN2O2/c1-4-17-8-12-7-13(16)5-6-15(12)19-9-14-10(2)18-20-11(14)3/h5-7,17H,4,8-9H2,1-3H3. The van der Waals surface area contributed by atoms with Crippen molar-refractivity contribution in [2.75, 3.05) is 6.54 Å². The number of rotatable bonds is 6. The Morgan fingerprint density at radius 3 is 2.80 bits per heavy atom. The van der Waals surface area contributed by atoms with Crippen LogP contribution in [0.1, 0.15) is 29.5 Å². The van der Waals surface area contributed by atoms with Crippen molar-refractivity contribution < 1.29 is 9.26 Å². The van der Waals surface area contributed by atoms with E-state index >= 15 is 0 Å². The third-order valence-corrected chi connectivity index (χ3v) is 3.38. The van der Waals surface area contributed by atoms with Gasteiger partial charge in [-0.25, -0.2) is 0 Å². The molecule has 4 nitrogen and oxygen atoms in total. The van der Waals surface area contributed by atoms with Crippen molar-refractivity contribution in [1.82, 2.24) is 10.5 Å². The van der Waals surface area contributed by atoms with Crippen LogP contribution in [0, 0.1) is 13.8 Å². The molecule has 1 aromatic heterocycles. The summed E-state index contributed by atoms with van der Waals surface area (Å²) < 4.78 is 11.0. The molecule has 1 heterocycles. The summed E-state index contributed by atoms with van der Waals surface area (Å²) in [5.41, 5.74) is 2.91. The van der Waals surface area contributed by atoms with Crippen LogP contribution in [-0.4, -0.2) is 11.7 Å². The van der Waals surface area contributed by atoms with E-state index in [4.69, 9.17) is 20.9 Å². The first-order chi connectivity index (χ1) is 9.61. The second kappa shape index (κ2) is 6.77. The summed E-state index contributed by atoms with van der Waals surface area (Å²) in [5.74, 6) is 1.63. The molecule has 0 saturated carbocycles. The summed E-state index contributed by atoms with van der Waals surface area (Å²) >= 11 is 6.04.